The molecular weight excluding hydrogens is 326 g/mol. The maximum atomic E-state index is 14.0. The van der Waals surface area contributed by atoms with Crippen molar-refractivity contribution in [3.8, 4) is 11.3 Å². The number of nitrogens with zero attached hydrogens (tertiary/aromatic N) is 1. The van der Waals surface area contributed by atoms with Gasteiger partial charge in [-0.3, -0.25) is 4.79 Å². The van der Waals surface area contributed by atoms with E-state index < -0.39 is 11.6 Å². The fourth-order valence-corrected chi connectivity index (χ4v) is 3.06. The van der Waals surface area contributed by atoms with Gasteiger partial charge in [0.15, 0.2) is 0 Å². The molecule has 3 rings (SSSR count). The highest BCUT2D eigenvalue weighted by Crippen LogP contribution is 2.28. The zero-order valence-electron chi connectivity index (χ0n) is 14.1. The van der Waals surface area contributed by atoms with Gasteiger partial charge in [-0.05, 0) is 51.2 Å². The van der Waals surface area contributed by atoms with E-state index in [0.29, 0.717) is 12.3 Å². The standard InChI is InChI=1S/C19H20F2N2O2/c1-12-17(19(24)22-10-9-13-5-3-2-4-6-13)18(23-25-12)15-8-7-14(20)11-16(15)21/h5,7-8,11H,2-4,6,9-10H2,1H3,(H,22,24). The first-order valence-corrected chi connectivity index (χ1v) is 8.44. The van der Waals surface area contributed by atoms with Gasteiger partial charge < -0.3 is 9.84 Å². The molecule has 132 valence electrons. The first-order chi connectivity index (χ1) is 12.1. The minimum absolute atomic E-state index is 0.0402. The molecule has 0 atom stereocenters. The topological polar surface area (TPSA) is 55.1 Å². The predicted molar refractivity (Wildman–Crippen MR) is 90.1 cm³/mol. The summed E-state index contributed by atoms with van der Waals surface area (Å²) >= 11 is 0. The summed E-state index contributed by atoms with van der Waals surface area (Å²) in [4.78, 5) is 12.5. The maximum absolute atomic E-state index is 14.0. The van der Waals surface area contributed by atoms with E-state index in [9.17, 15) is 13.6 Å². The SMILES string of the molecule is Cc1onc(-c2ccc(F)cc2F)c1C(=O)NCCC1=CCCCC1. The van der Waals surface area contributed by atoms with E-state index in [4.69, 9.17) is 4.52 Å². The summed E-state index contributed by atoms with van der Waals surface area (Å²) in [7, 11) is 0. The Morgan fingerprint density at radius 2 is 2.16 bits per heavy atom. The lowest BCUT2D eigenvalue weighted by molar-refractivity contribution is 0.0953. The molecule has 1 aromatic carbocycles. The Hall–Kier alpha value is -2.50. The van der Waals surface area contributed by atoms with E-state index in [0.717, 1.165) is 31.4 Å². The van der Waals surface area contributed by atoms with Crippen molar-refractivity contribution in [2.45, 2.75) is 39.0 Å². The molecule has 0 fully saturated rings. The number of allylic oxidation sites excluding steroid dienone is 1. The third-order valence-electron chi connectivity index (χ3n) is 4.39. The van der Waals surface area contributed by atoms with Gasteiger partial charge in [-0.2, -0.15) is 0 Å². The first kappa shape index (κ1) is 17.3. The highest BCUT2D eigenvalue weighted by molar-refractivity contribution is 6.00. The Kier molecular flexibility index (Phi) is 5.26. The average Bonchev–Trinajstić information content (AvgIpc) is 2.97. The Balaban J connectivity index is 1.74. The van der Waals surface area contributed by atoms with E-state index in [2.05, 4.69) is 16.5 Å². The molecule has 2 aromatic rings. The molecule has 0 saturated heterocycles. The zero-order valence-corrected chi connectivity index (χ0v) is 14.1. The predicted octanol–water partition coefficient (Wildman–Crippen LogP) is 4.55. The number of benzene rings is 1. The van der Waals surface area contributed by atoms with Crippen LogP contribution >= 0.6 is 0 Å². The largest absolute Gasteiger partial charge is 0.360 e. The Morgan fingerprint density at radius 1 is 1.32 bits per heavy atom. The molecule has 1 amide bonds. The number of halogens is 2. The number of aromatic nitrogens is 1. The monoisotopic (exact) mass is 346 g/mol. The fraction of sp³-hybridized carbons (Fsp3) is 0.368. The molecule has 1 aliphatic rings. The molecule has 0 aliphatic heterocycles. The van der Waals surface area contributed by atoms with Gasteiger partial charge >= 0.3 is 0 Å². The van der Waals surface area contributed by atoms with Gasteiger partial charge in [-0.15, -0.1) is 0 Å². The summed E-state index contributed by atoms with van der Waals surface area (Å²) in [5.41, 5.74) is 1.67. The molecule has 0 spiro atoms. The van der Waals surface area contributed by atoms with Crippen molar-refractivity contribution in [2.24, 2.45) is 0 Å². The van der Waals surface area contributed by atoms with Crippen molar-refractivity contribution >= 4 is 5.91 Å². The number of amides is 1. The van der Waals surface area contributed by atoms with Crippen molar-refractivity contribution < 1.29 is 18.1 Å². The number of hydrogen-bond acceptors (Lipinski definition) is 3. The highest BCUT2D eigenvalue weighted by Gasteiger charge is 2.23. The molecule has 1 N–H and O–H groups in total. The number of aryl methyl sites for hydroxylation is 1. The molecule has 0 unspecified atom stereocenters. The van der Waals surface area contributed by atoms with Crippen LogP contribution < -0.4 is 5.32 Å². The number of nitrogens with one attached hydrogen (secondary N) is 1. The second kappa shape index (κ2) is 7.59. The highest BCUT2D eigenvalue weighted by atomic mass is 19.1. The van der Waals surface area contributed by atoms with Crippen LogP contribution in [0.1, 0.15) is 48.2 Å². The molecule has 4 nitrogen and oxygen atoms in total. The van der Waals surface area contributed by atoms with Crippen LogP contribution in [-0.4, -0.2) is 17.6 Å². The second-order valence-electron chi connectivity index (χ2n) is 6.20. The fourth-order valence-electron chi connectivity index (χ4n) is 3.06. The summed E-state index contributed by atoms with van der Waals surface area (Å²) in [6, 6.07) is 3.14. The van der Waals surface area contributed by atoms with Gasteiger partial charge in [0.05, 0.1) is 0 Å². The van der Waals surface area contributed by atoms with Crippen LogP contribution in [0.3, 0.4) is 0 Å². The number of carbonyl (C=O) groups excluding carboxylic acids is 1. The summed E-state index contributed by atoms with van der Waals surface area (Å²) in [5.74, 6) is -1.54. The van der Waals surface area contributed by atoms with E-state index in [-0.39, 0.29) is 22.7 Å². The van der Waals surface area contributed by atoms with Crippen LogP contribution in [0.15, 0.2) is 34.4 Å². The van der Waals surface area contributed by atoms with Gasteiger partial charge in [-0.1, -0.05) is 16.8 Å². The first-order valence-electron chi connectivity index (χ1n) is 8.44. The second-order valence-corrected chi connectivity index (χ2v) is 6.20. The van der Waals surface area contributed by atoms with Crippen molar-refractivity contribution in [1.29, 1.82) is 0 Å². The van der Waals surface area contributed by atoms with E-state index in [1.54, 1.807) is 6.92 Å². The Morgan fingerprint density at radius 3 is 2.88 bits per heavy atom. The third kappa shape index (κ3) is 3.95. The van der Waals surface area contributed by atoms with Crippen molar-refractivity contribution in [1.82, 2.24) is 10.5 Å². The van der Waals surface area contributed by atoms with Crippen LogP contribution in [0.25, 0.3) is 11.3 Å². The van der Waals surface area contributed by atoms with Crippen molar-refractivity contribution in [3.63, 3.8) is 0 Å². The van der Waals surface area contributed by atoms with Crippen LogP contribution in [-0.2, 0) is 0 Å². The Labute approximate surface area is 144 Å². The van der Waals surface area contributed by atoms with E-state index >= 15 is 0 Å². The van der Waals surface area contributed by atoms with Gasteiger partial charge in [0.2, 0.25) is 0 Å². The summed E-state index contributed by atoms with van der Waals surface area (Å²) < 4.78 is 32.2. The number of carbonyl (C=O) groups is 1. The molecule has 0 saturated carbocycles. The Bertz CT molecular complexity index is 812. The van der Waals surface area contributed by atoms with Crippen LogP contribution in [0.2, 0.25) is 0 Å². The van der Waals surface area contributed by atoms with Gasteiger partial charge in [0.1, 0.15) is 28.7 Å². The lowest BCUT2D eigenvalue weighted by Gasteiger charge is -2.13. The molecule has 0 radical (unpaired) electrons. The van der Waals surface area contributed by atoms with Crippen LogP contribution in [0, 0.1) is 18.6 Å². The number of rotatable bonds is 5. The maximum Gasteiger partial charge on any atom is 0.257 e. The van der Waals surface area contributed by atoms with Gasteiger partial charge in [-0.25, -0.2) is 8.78 Å². The molecular formula is C19H20F2N2O2. The normalized spacial score (nSPS) is 14.3. The van der Waals surface area contributed by atoms with Crippen molar-refractivity contribution in [2.75, 3.05) is 6.54 Å². The molecule has 0 bridgehead atoms. The van der Waals surface area contributed by atoms with Gasteiger partial charge in [0, 0.05) is 18.2 Å². The minimum atomic E-state index is -0.783. The van der Waals surface area contributed by atoms with Gasteiger partial charge in [0.25, 0.3) is 5.91 Å². The van der Waals surface area contributed by atoms with E-state index in [1.807, 2.05) is 0 Å². The molecule has 1 heterocycles. The molecule has 1 aliphatic carbocycles. The summed E-state index contributed by atoms with van der Waals surface area (Å²) in [6.07, 6.45) is 7.63. The average molecular weight is 346 g/mol. The van der Waals surface area contributed by atoms with Crippen molar-refractivity contribution in [3.05, 3.63) is 52.8 Å². The quantitative estimate of drug-likeness (QED) is 0.808. The smallest absolute Gasteiger partial charge is 0.257 e. The lowest BCUT2D eigenvalue weighted by atomic mass is 9.97. The molecule has 1 aromatic heterocycles. The third-order valence-corrected chi connectivity index (χ3v) is 4.39. The summed E-state index contributed by atoms with van der Waals surface area (Å²) in [6.45, 7) is 2.09. The summed E-state index contributed by atoms with van der Waals surface area (Å²) in [5, 5.41) is 6.62. The lowest BCUT2D eigenvalue weighted by Crippen LogP contribution is -2.25. The molecule has 25 heavy (non-hydrogen) atoms. The van der Waals surface area contributed by atoms with Crippen LogP contribution in [0.4, 0.5) is 8.78 Å². The molecule has 6 heteroatoms. The number of hydrogen-bond donors (Lipinski definition) is 1. The van der Waals surface area contributed by atoms with E-state index in [1.165, 1.54) is 24.5 Å². The van der Waals surface area contributed by atoms with Crippen LogP contribution in [0.5, 0.6) is 0 Å². The zero-order chi connectivity index (χ0) is 17.8. The minimum Gasteiger partial charge on any atom is -0.360 e.